The molecule has 4 heteroatoms. The molecule has 1 unspecified atom stereocenters. The standard InChI is InChI=1S/C13H20ClNO2/c1-9-8-10(14)4-5-11(9)17-7-6-13(2,3)12(15)16/h4-5,8,12,16H,6-7,15H2,1-3H3. The number of aryl methyl sites for hydroxylation is 1. The molecule has 0 amide bonds. The molecule has 0 aromatic heterocycles. The third-order valence-corrected chi connectivity index (χ3v) is 3.18. The lowest BCUT2D eigenvalue weighted by molar-refractivity contribution is 0.0393. The van der Waals surface area contributed by atoms with Gasteiger partial charge >= 0.3 is 0 Å². The average molecular weight is 258 g/mol. The van der Waals surface area contributed by atoms with Gasteiger partial charge in [0.25, 0.3) is 0 Å². The Morgan fingerprint density at radius 2 is 2.12 bits per heavy atom. The highest BCUT2D eigenvalue weighted by atomic mass is 35.5. The van der Waals surface area contributed by atoms with Crippen LogP contribution in [0.5, 0.6) is 5.75 Å². The Balaban J connectivity index is 2.51. The lowest BCUT2D eigenvalue weighted by Crippen LogP contribution is -2.38. The van der Waals surface area contributed by atoms with E-state index in [-0.39, 0.29) is 5.41 Å². The molecule has 3 nitrogen and oxygen atoms in total. The first-order chi connectivity index (χ1) is 7.83. The summed E-state index contributed by atoms with van der Waals surface area (Å²) < 4.78 is 5.65. The molecule has 17 heavy (non-hydrogen) atoms. The fourth-order valence-electron chi connectivity index (χ4n) is 1.35. The molecule has 1 aromatic carbocycles. The number of nitrogens with two attached hydrogens (primary N) is 1. The Bertz CT molecular complexity index is 378. The summed E-state index contributed by atoms with van der Waals surface area (Å²) in [5.74, 6) is 0.816. The van der Waals surface area contributed by atoms with E-state index in [1.807, 2.05) is 32.9 Å². The predicted molar refractivity (Wildman–Crippen MR) is 70.3 cm³/mol. The zero-order chi connectivity index (χ0) is 13.1. The van der Waals surface area contributed by atoms with Gasteiger partial charge in [0.1, 0.15) is 12.0 Å². The van der Waals surface area contributed by atoms with Gasteiger partial charge in [0.2, 0.25) is 0 Å². The minimum atomic E-state index is -0.836. The number of aliphatic hydroxyl groups excluding tert-OH is 1. The van der Waals surface area contributed by atoms with E-state index in [0.717, 1.165) is 11.3 Å². The van der Waals surface area contributed by atoms with Crippen LogP contribution in [0.4, 0.5) is 0 Å². The number of rotatable bonds is 5. The third-order valence-electron chi connectivity index (χ3n) is 2.94. The molecule has 96 valence electrons. The quantitative estimate of drug-likeness (QED) is 0.798. The van der Waals surface area contributed by atoms with E-state index >= 15 is 0 Å². The number of halogens is 1. The minimum absolute atomic E-state index is 0.347. The largest absolute Gasteiger partial charge is 0.493 e. The summed E-state index contributed by atoms with van der Waals surface area (Å²) in [6.07, 6.45) is -0.148. The van der Waals surface area contributed by atoms with Crippen molar-refractivity contribution in [3.8, 4) is 5.75 Å². The van der Waals surface area contributed by atoms with Gasteiger partial charge in [0, 0.05) is 10.4 Å². The van der Waals surface area contributed by atoms with Crippen molar-refractivity contribution in [1.29, 1.82) is 0 Å². The molecule has 0 spiro atoms. The van der Waals surface area contributed by atoms with E-state index in [9.17, 15) is 5.11 Å². The van der Waals surface area contributed by atoms with Crippen LogP contribution in [0.2, 0.25) is 5.02 Å². The summed E-state index contributed by atoms with van der Waals surface area (Å²) in [6, 6.07) is 5.51. The van der Waals surface area contributed by atoms with Crippen LogP contribution in [0.25, 0.3) is 0 Å². The van der Waals surface area contributed by atoms with Gasteiger partial charge in [-0.15, -0.1) is 0 Å². The zero-order valence-electron chi connectivity index (χ0n) is 10.5. The maximum absolute atomic E-state index is 9.37. The van der Waals surface area contributed by atoms with Crippen molar-refractivity contribution in [3.63, 3.8) is 0 Å². The first-order valence-corrected chi connectivity index (χ1v) is 6.03. The van der Waals surface area contributed by atoms with Crippen LogP contribution in [0.1, 0.15) is 25.8 Å². The van der Waals surface area contributed by atoms with Crippen molar-refractivity contribution in [2.24, 2.45) is 11.1 Å². The molecule has 3 N–H and O–H groups in total. The van der Waals surface area contributed by atoms with E-state index in [1.165, 1.54) is 0 Å². The molecule has 0 saturated carbocycles. The first kappa shape index (κ1) is 14.3. The molecule has 0 aliphatic carbocycles. The molecule has 0 aliphatic rings. The first-order valence-electron chi connectivity index (χ1n) is 5.65. The van der Waals surface area contributed by atoms with Gasteiger partial charge < -0.3 is 15.6 Å². The van der Waals surface area contributed by atoms with Gasteiger partial charge in [-0.3, -0.25) is 0 Å². The van der Waals surface area contributed by atoms with Gasteiger partial charge in [0.05, 0.1) is 6.61 Å². The SMILES string of the molecule is Cc1cc(Cl)ccc1OCCC(C)(C)C(N)O. The second-order valence-electron chi connectivity index (χ2n) is 4.94. The fraction of sp³-hybridized carbons (Fsp3) is 0.538. The second kappa shape index (κ2) is 5.71. The topological polar surface area (TPSA) is 55.5 Å². The van der Waals surface area contributed by atoms with Crippen molar-refractivity contribution in [1.82, 2.24) is 0 Å². The van der Waals surface area contributed by atoms with Crippen LogP contribution in [0.15, 0.2) is 18.2 Å². The van der Waals surface area contributed by atoms with E-state index < -0.39 is 6.23 Å². The van der Waals surface area contributed by atoms with Gasteiger partial charge in [-0.25, -0.2) is 0 Å². The maximum atomic E-state index is 9.37. The Morgan fingerprint density at radius 3 is 2.65 bits per heavy atom. The number of hydrogen-bond acceptors (Lipinski definition) is 3. The summed E-state index contributed by atoms with van der Waals surface area (Å²) >= 11 is 5.86. The van der Waals surface area contributed by atoms with Crippen molar-refractivity contribution < 1.29 is 9.84 Å². The normalized spacial score (nSPS) is 13.5. The van der Waals surface area contributed by atoms with Crippen LogP contribution in [-0.4, -0.2) is 17.9 Å². The fourth-order valence-corrected chi connectivity index (χ4v) is 1.57. The summed E-state index contributed by atoms with van der Waals surface area (Å²) in [5.41, 5.74) is 6.14. The highest BCUT2D eigenvalue weighted by Gasteiger charge is 2.24. The Morgan fingerprint density at radius 1 is 1.47 bits per heavy atom. The Hall–Kier alpha value is -0.770. The van der Waals surface area contributed by atoms with Crippen LogP contribution >= 0.6 is 11.6 Å². The van der Waals surface area contributed by atoms with Gasteiger partial charge in [-0.1, -0.05) is 25.4 Å². The molecule has 0 saturated heterocycles. The number of aliphatic hydroxyl groups is 1. The van der Waals surface area contributed by atoms with E-state index in [4.69, 9.17) is 22.1 Å². The molecule has 0 bridgehead atoms. The number of ether oxygens (including phenoxy) is 1. The Kier molecular flexibility index (Phi) is 4.80. The molecule has 1 atom stereocenters. The van der Waals surface area contributed by atoms with Crippen molar-refractivity contribution in [3.05, 3.63) is 28.8 Å². The molecule has 0 radical (unpaired) electrons. The smallest absolute Gasteiger partial charge is 0.122 e. The van der Waals surface area contributed by atoms with Crippen molar-refractivity contribution in [2.75, 3.05) is 6.61 Å². The Labute approximate surface area is 108 Å². The van der Waals surface area contributed by atoms with Crippen LogP contribution in [-0.2, 0) is 0 Å². The van der Waals surface area contributed by atoms with E-state index in [0.29, 0.717) is 18.1 Å². The van der Waals surface area contributed by atoms with Crippen molar-refractivity contribution in [2.45, 2.75) is 33.4 Å². The average Bonchev–Trinajstić information content (AvgIpc) is 2.21. The molecular formula is C13H20ClNO2. The van der Waals surface area contributed by atoms with Crippen LogP contribution < -0.4 is 10.5 Å². The second-order valence-corrected chi connectivity index (χ2v) is 5.38. The van der Waals surface area contributed by atoms with Gasteiger partial charge in [0.15, 0.2) is 0 Å². The highest BCUT2D eigenvalue weighted by molar-refractivity contribution is 6.30. The number of benzene rings is 1. The van der Waals surface area contributed by atoms with E-state index in [2.05, 4.69) is 0 Å². The summed E-state index contributed by atoms with van der Waals surface area (Å²) in [4.78, 5) is 0. The summed E-state index contributed by atoms with van der Waals surface area (Å²) in [5, 5.41) is 10.1. The minimum Gasteiger partial charge on any atom is -0.493 e. The molecule has 1 rings (SSSR count). The van der Waals surface area contributed by atoms with Crippen molar-refractivity contribution >= 4 is 11.6 Å². The molecule has 0 fully saturated rings. The van der Waals surface area contributed by atoms with Gasteiger partial charge in [-0.05, 0) is 37.1 Å². The van der Waals surface area contributed by atoms with Crippen LogP contribution in [0, 0.1) is 12.3 Å². The predicted octanol–water partition coefficient (Wildman–Crippen LogP) is 2.72. The van der Waals surface area contributed by atoms with Gasteiger partial charge in [-0.2, -0.15) is 0 Å². The lowest BCUT2D eigenvalue weighted by Gasteiger charge is -2.27. The molecule has 1 aromatic rings. The number of hydrogen-bond donors (Lipinski definition) is 2. The maximum Gasteiger partial charge on any atom is 0.122 e. The monoisotopic (exact) mass is 257 g/mol. The molecular weight excluding hydrogens is 238 g/mol. The van der Waals surface area contributed by atoms with Crippen LogP contribution in [0.3, 0.4) is 0 Å². The summed E-state index contributed by atoms with van der Waals surface area (Å²) in [6.45, 7) is 6.29. The third kappa shape index (κ3) is 4.19. The lowest BCUT2D eigenvalue weighted by atomic mass is 9.88. The summed E-state index contributed by atoms with van der Waals surface area (Å²) in [7, 11) is 0. The van der Waals surface area contributed by atoms with E-state index in [1.54, 1.807) is 6.07 Å². The highest BCUT2D eigenvalue weighted by Crippen LogP contribution is 2.25. The molecule has 0 aliphatic heterocycles. The zero-order valence-corrected chi connectivity index (χ0v) is 11.3. The molecule has 0 heterocycles.